The van der Waals surface area contributed by atoms with Crippen molar-refractivity contribution >= 4 is 0 Å². The lowest BCUT2D eigenvalue weighted by Gasteiger charge is -2.14. The number of methoxy groups -OCH3 is 1. The van der Waals surface area contributed by atoms with Crippen LogP contribution in [0.5, 0.6) is 11.5 Å². The molecule has 0 aliphatic carbocycles. The first-order chi connectivity index (χ1) is 8.67. The van der Waals surface area contributed by atoms with Gasteiger partial charge in [-0.3, -0.25) is 0 Å². The van der Waals surface area contributed by atoms with Gasteiger partial charge in [-0.25, -0.2) is 0 Å². The summed E-state index contributed by atoms with van der Waals surface area (Å²) in [5, 5.41) is 3.14. The minimum atomic E-state index is 0.737. The van der Waals surface area contributed by atoms with Crippen LogP contribution in [0, 0.1) is 0 Å². The van der Waals surface area contributed by atoms with Crippen LogP contribution in [0.3, 0.4) is 0 Å². The van der Waals surface area contributed by atoms with Crippen molar-refractivity contribution in [2.75, 3.05) is 41.4 Å². The van der Waals surface area contributed by atoms with Crippen molar-refractivity contribution in [2.24, 2.45) is 0 Å². The van der Waals surface area contributed by atoms with Crippen LogP contribution in [0.4, 0.5) is 0 Å². The minimum Gasteiger partial charge on any atom is -0.497 e. The van der Waals surface area contributed by atoms with E-state index in [1.165, 1.54) is 0 Å². The van der Waals surface area contributed by atoms with Crippen molar-refractivity contribution in [1.29, 1.82) is 0 Å². The SMILES string of the molecule is CNCc1cc(OC)ccc1OCCCN(C)C. The molecule has 0 fully saturated rings. The molecular weight excluding hydrogens is 228 g/mol. The van der Waals surface area contributed by atoms with Gasteiger partial charge in [0.05, 0.1) is 13.7 Å². The van der Waals surface area contributed by atoms with Crippen molar-refractivity contribution in [1.82, 2.24) is 10.2 Å². The first-order valence-electron chi connectivity index (χ1n) is 6.26. The number of hydrogen-bond donors (Lipinski definition) is 1. The molecule has 0 amide bonds. The van der Waals surface area contributed by atoms with Crippen LogP contribution < -0.4 is 14.8 Å². The highest BCUT2D eigenvalue weighted by atomic mass is 16.5. The van der Waals surface area contributed by atoms with Crippen LogP contribution in [0.1, 0.15) is 12.0 Å². The molecule has 0 aliphatic heterocycles. The van der Waals surface area contributed by atoms with E-state index < -0.39 is 0 Å². The van der Waals surface area contributed by atoms with E-state index in [-0.39, 0.29) is 0 Å². The molecule has 0 bridgehead atoms. The second-order valence-corrected chi connectivity index (χ2v) is 4.51. The van der Waals surface area contributed by atoms with Gasteiger partial charge in [-0.2, -0.15) is 0 Å². The van der Waals surface area contributed by atoms with E-state index in [1.54, 1.807) is 7.11 Å². The van der Waals surface area contributed by atoms with Gasteiger partial charge in [-0.05, 0) is 45.8 Å². The molecule has 0 spiro atoms. The molecule has 0 heterocycles. The number of rotatable bonds is 8. The smallest absolute Gasteiger partial charge is 0.124 e. The fourth-order valence-corrected chi connectivity index (χ4v) is 1.72. The Morgan fingerprint density at radius 3 is 2.67 bits per heavy atom. The molecule has 1 aromatic rings. The topological polar surface area (TPSA) is 33.7 Å². The largest absolute Gasteiger partial charge is 0.497 e. The lowest BCUT2D eigenvalue weighted by molar-refractivity contribution is 0.278. The van der Waals surface area contributed by atoms with Crippen molar-refractivity contribution in [3.63, 3.8) is 0 Å². The maximum Gasteiger partial charge on any atom is 0.124 e. The standard InChI is InChI=1S/C14H24N2O2/c1-15-11-12-10-13(17-4)6-7-14(12)18-9-5-8-16(2)3/h6-7,10,15H,5,8-9,11H2,1-4H3. The van der Waals surface area contributed by atoms with Crippen molar-refractivity contribution in [2.45, 2.75) is 13.0 Å². The van der Waals surface area contributed by atoms with Gasteiger partial charge in [0.2, 0.25) is 0 Å². The molecule has 0 saturated carbocycles. The first-order valence-corrected chi connectivity index (χ1v) is 6.26. The lowest BCUT2D eigenvalue weighted by Crippen LogP contribution is -2.16. The summed E-state index contributed by atoms with van der Waals surface area (Å²) in [6.45, 7) is 2.55. The predicted octanol–water partition coefficient (Wildman–Crippen LogP) is 1.75. The van der Waals surface area contributed by atoms with Crippen LogP contribution in [-0.2, 0) is 6.54 Å². The van der Waals surface area contributed by atoms with E-state index in [9.17, 15) is 0 Å². The summed E-state index contributed by atoms with van der Waals surface area (Å²) in [6, 6.07) is 5.92. The van der Waals surface area contributed by atoms with Crippen molar-refractivity contribution < 1.29 is 9.47 Å². The van der Waals surface area contributed by atoms with Crippen LogP contribution in [0.2, 0.25) is 0 Å². The van der Waals surface area contributed by atoms with Gasteiger partial charge in [-0.1, -0.05) is 0 Å². The van der Waals surface area contributed by atoms with E-state index >= 15 is 0 Å². The van der Waals surface area contributed by atoms with E-state index in [1.807, 2.05) is 25.2 Å². The molecule has 0 aromatic heterocycles. The molecule has 0 saturated heterocycles. The van der Waals surface area contributed by atoms with Crippen LogP contribution in [-0.4, -0.2) is 46.3 Å². The van der Waals surface area contributed by atoms with Crippen LogP contribution >= 0.6 is 0 Å². The quantitative estimate of drug-likeness (QED) is 0.715. The second-order valence-electron chi connectivity index (χ2n) is 4.51. The molecule has 0 aliphatic rings. The average Bonchev–Trinajstić information content (AvgIpc) is 2.36. The number of hydrogen-bond acceptors (Lipinski definition) is 4. The molecular formula is C14H24N2O2. The van der Waals surface area contributed by atoms with E-state index in [4.69, 9.17) is 9.47 Å². The monoisotopic (exact) mass is 252 g/mol. The average molecular weight is 252 g/mol. The number of ether oxygens (including phenoxy) is 2. The van der Waals surface area contributed by atoms with Gasteiger partial charge in [0.1, 0.15) is 11.5 Å². The molecule has 1 aromatic carbocycles. The summed E-state index contributed by atoms with van der Waals surface area (Å²) in [6.07, 6.45) is 1.03. The second kappa shape index (κ2) is 7.95. The van der Waals surface area contributed by atoms with Gasteiger partial charge < -0.3 is 19.7 Å². The highest BCUT2D eigenvalue weighted by Gasteiger charge is 2.05. The lowest BCUT2D eigenvalue weighted by atomic mass is 10.2. The number of nitrogens with zero attached hydrogens (tertiary/aromatic N) is 1. The zero-order valence-electron chi connectivity index (χ0n) is 11.8. The summed E-state index contributed by atoms with van der Waals surface area (Å²) in [5.41, 5.74) is 1.13. The zero-order chi connectivity index (χ0) is 13.4. The Balaban J connectivity index is 2.57. The van der Waals surface area contributed by atoms with Crippen molar-refractivity contribution in [3.8, 4) is 11.5 Å². The zero-order valence-corrected chi connectivity index (χ0v) is 11.8. The normalized spacial score (nSPS) is 10.7. The summed E-state index contributed by atoms with van der Waals surface area (Å²) in [7, 11) is 7.74. The van der Waals surface area contributed by atoms with Crippen molar-refractivity contribution in [3.05, 3.63) is 23.8 Å². The number of nitrogens with one attached hydrogen (secondary N) is 1. The highest BCUT2D eigenvalue weighted by molar-refractivity contribution is 5.40. The third-order valence-corrected chi connectivity index (χ3v) is 2.64. The molecule has 18 heavy (non-hydrogen) atoms. The maximum atomic E-state index is 5.82. The predicted molar refractivity (Wildman–Crippen MR) is 74.4 cm³/mol. The molecule has 0 unspecified atom stereocenters. The van der Waals surface area contributed by atoms with Gasteiger partial charge in [0.15, 0.2) is 0 Å². The highest BCUT2D eigenvalue weighted by Crippen LogP contribution is 2.24. The molecule has 0 atom stereocenters. The van der Waals surface area contributed by atoms with Gasteiger partial charge in [-0.15, -0.1) is 0 Å². The maximum absolute atomic E-state index is 5.82. The fraction of sp³-hybridized carbons (Fsp3) is 0.571. The fourth-order valence-electron chi connectivity index (χ4n) is 1.72. The first kappa shape index (κ1) is 14.8. The molecule has 4 heteroatoms. The molecule has 0 radical (unpaired) electrons. The Kier molecular flexibility index (Phi) is 6.54. The van der Waals surface area contributed by atoms with Gasteiger partial charge >= 0.3 is 0 Å². The Bertz CT molecular complexity index is 354. The Morgan fingerprint density at radius 2 is 2.06 bits per heavy atom. The Morgan fingerprint density at radius 1 is 1.28 bits per heavy atom. The van der Waals surface area contributed by atoms with E-state index in [0.29, 0.717) is 0 Å². The van der Waals surface area contributed by atoms with Crippen LogP contribution in [0.15, 0.2) is 18.2 Å². The summed E-state index contributed by atoms with van der Waals surface area (Å²) < 4.78 is 11.0. The summed E-state index contributed by atoms with van der Waals surface area (Å²) in [4.78, 5) is 2.16. The van der Waals surface area contributed by atoms with Gasteiger partial charge in [0.25, 0.3) is 0 Å². The summed E-state index contributed by atoms with van der Waals surface area (Å²) >= 11 is 0. The minimum absolute atomic E-state index is 0.737. The molecule has 1 N–H and O–H groups in total. The Hall–Kier alpha value is -1.26. The van der Waals surface area contributed by atoms with Crippen LogP contribution in [0.25, 0.3) is 0 Å². The van der Waals surface area contributed by atoms with Gasteiger partial charge in [0, 0.05) is 18.7 Å². The summed E-state index contributed by atoms with van der Waals surface area (Å²) in [5.74, 6) is 1.80. The Labute approximate surface area is 110 Å². The third-order valence-electron chi connectivity index (χ3n) is 2.64. The van der Waals surface area contributed by atoms with E-state index in [2.05, 4.69) is 24.3 Å². The molecule has 4 nitrogen and oxygen atoms in total. The molecule has 102 valence electrons. The molecule has 1 rings (SSSR count). The third kappa shape index (κ3) is 4.94. The van der Waals surface area contributed by atoms with E-state index in [0.717, 1.165) is 43.2 Å². The number of benzene rings is 1.